The van der Waals surface area contributed by atoms with Crippen LogP contribution in [0.1, 0.15) is 39.5 Å². The monoisotopic (exact) mass is 438 g/mol. The first kappa shape index (κ1) is 24.6. The molecule has 2 rings (SSSR count). The quantitative estimate of drug-likeness (QED) is 0.388. The van der Waals surface area contributed by atoms with E-state index in [0.29, 0.717) is 25.7 Å². The Morgan fingerprint density at radius 2 is 1.19 bits per heavy atom. The van der Waals surface area contributed by atoms with Crippen LogP contribution in [0.5, 0.6) is 0 Å². The Hall–Kier alpha value is -2.68. The smallest absolute Gasteiger partial charge is 0.310 e. The lowest BCUT2D eigenvalue weighted by Crippen LogP contribution is -2.35. The minimum Gasteiger partial charge on any atom is -0.481 e. The van der Waals surface area contributed by atoms with Crippen LogP contribution in [0.2, 0.25) is 0 Å². The van der Waals surface area contributed by atoms with E-state index in [1.165, 1.54) is 0 Å². The number of carbonyl (C=O) groups excluding carboxylic acids is 2. The first-order valence-corrected chi connectivity index (χ1v) is 10.4. The van der Waals surface area contributed by atoms with Crippen molar-refractivity contribution in [3.05, 3.63) is 24.3 Å². The molecule has 0 radical (unpaired) electrons. The third-order valence-corrected chi connectivity index (χ3v) is 5.50. The number of allylic oxidation sites excluding steroid dienone is 4. The molecule has 0 saturated heterocycles. The van der Waals surface area contributed by atoms with Gasteiger partial charge in [0.1, 0.15) is 12.7 Å². The second-order valence-electron chi connectivity index (χ2n) is 8.01. The number of ether oxygens (including phenoxy) is 3. The van der Waals surface area contributed by atoms with E-state index in [2.05, 4.69) is 0 Å². The second kappa shape index (κ2) is 11.6. The molecule has 0 saturated carbocycles. The molecular weight excluding hydrogens is 408 g/mol. The summed E-state index contributed by atoms with van der Waals surface area (Å²) in [4.78, 5) is 47.2. The number of carbonyl (C=O) groups is 4. The van der Waals surface area contributed by atoms with Crippen molar-refractivity contribution in [2.75, 3.05) is 13.2 Å². The average molecular weight is 438 g/mol. The van der Waals surface area contributed by atoms with Crippen molar-refractivity contribution in [2.45, 2.75) is 51.7 Å². The van der Waals surface area contributed by atoms with Gasteiger partial charge in [-0.15, -0.1) is 0 Å². The van der Waals surface area contributed by atoms with Crippen LogP contribution in [0.4, 0.5) is 0 Å². The minimum absolute atomic E-state index is 0.0503. The van der Waals surface area contributed by atoms with Gasteiger partial charge in [-0.3, -0.25) is 19.2 Å². The van der Waals surface area contributed by atoms with Gasteiger partial charge in [-0.2, -0.15) is 0 Å². The molecule has 0 spiro atoms. The van der Waals surface area contributed by atoms with Crippen molar-refractivity contribution in [1.82, 2.24) is 0 Å². The maximum absolute atomic E-state index is 12.3. The fourth-order valence-electron chi connectivity index (χ4n) is 3.67. The molecule has 0 aliphatic heterocycles. The maximum Gasteiger partial charge on any atom is 0.310 e. The lowest BCUT2D eigenvalue weighted by atomic mass is 9.83. The van der Waals surface area contributed by atoms with Crippen LogP contribution in [0.3, 0.4) is 0 Å². The lowest BCUT2D eigenvalue weighted by Gasteiger charge is -2.26. The fraction of sp³-hybridized carbons (Fsp3) is 0.636. The molecule has 0 aromatic heterocycles. The predicted octanol–water partition coefficient (Wildman–Crippen LogP) is 2.20. The van der Waals surface area contributed by atoms with E-state index in [1.807, 2.05) is 0 Å². The van der Waals surface area contributed by atoms with E-state index < -0.39 is 59.8 Å². The van der Waals surface area contributed by atoms with Crippen molar-refractivity contribution in [3.63, 3.8) is 0 Å². The highest BCUT2D eigenvalue weighted by Gasteiger charge is 2.36. The van der Waals surface area contributed by atoms with Crippen LogP contribution in [0.25, 0.3) is 0 Å². The summed E-state index contributed by atoms with van der Waals surface area (Å²) in [6.07, 6.45) is 7.20. The summed E-state index contributed by atoms with van der Waals surface area (Å²) in [6.45, 7) is 3.32. The Morgan fingerprint density at radius 1 is 0.742 bits per heavy atom. The van der Waals surface area contributed by atoms with Crippen LogP contribution in [-0.4, -0.2) is 59.5 Å². The number of carboxylic acid groups (broad SMARTS) is 2. The van der Waals surface area contributed by atoms with Crippen molar-refractivity contribution in [2.24, 2.45) is 23.7 Å². The van der Waals surface area contributed by atoms with Crippen molar-refractivity contribution in [3.8, 4) is 0 Å². The SMILES string of the molecule is CC(COC(=O)C1CC=CCC1C(=O)O)OCC(C)OC(=O)C1CC=CCC1C(=O)O. The summed E-state index contributed by atoms with van der Waals surface area (Å²) in [5.74, 6) is -6.23. The maximum atomic E-state index is 12.3. The van der Waals surface area contributed by atoms with Crippen LogP contribution in [0, 0.1) is 23.7 Å². The van der Waals surface area contributed by atoms with Crippen molar-refractivity contribution >= 4 is 23.9 Å². The highest BCUT2D eigenvalue weighted by molar-refractivity contribution is 5.82. The standard InChI is InChI=1S/C22H30O9/c1-13(11-30-21(27)17-9-5-3-7-15(17)19(23)24)29-12-14(2)31-22(28)18-10-6-4-8-16(18)20(25)26/h3-6,13-18H,7-12H2,1-2H3,(H,23,24)(H,25,26). The van der Waals surface area contributed by atoms with Gasteiger partial charge in [0.2, 0.25) is 0 Å². The molecule has 0 heterocycles. The molecule has 31 heavy (non-hydrogen) atoms. The molecule has 0 aromatic rings. The van der Waals surface area contributed by atoms with Crippen LogP contribution in [-0.2, 0) is 33.4 Å². The molecule has 6 atom stereocenters. The lowest BCUT2D eigenvalue weighted by molar-refractivity contribution is -0.166. The molecule has 0 bridgehead atoms. The Bertz CT molecular complexity index is 726. The van der Waals surface area contributed by atoms with E-state index in [9.17, 15) is 29.4 Å². The van der Waals surface area contributed by atoms with Gasteiger partial charge in [-0.05, 0) is 39.5 Å². The Labute approximate surface area is 181 Å². The summed E-state index contributed by atoms with van der Waals surface area (Å²) < 4.78 is 16.1. The van der Waals surface area contributed by atoms with E-state index in [4.69, 9.17) is 14.2 Å². The molecule has 9 heteroatoms. The molecule has 9 nitrogen and oxygen atoms in total. The zero-order valence-corrected chi connectivity index (χ0v) is 17.8. The van der Waals surface area contributed by atoms with Gasteiger partial charge in [0, 0.05) is 0 Å². The number of rotatable bonds is 10. The summed E-state index contributed by atoms with van der Waals surface area (Å²) in [5, 5.41) is 18.5. The van der Waals surface area contributed by atoms with Gasteiger partial charge in [-0.1, -0.05) is 24.3 Å². The van der Waals surface area contributed by atoms with Gasteiger partial charge in [0.05, 0.1) is 36.4 Å². The Morgan fingerprint density at radius 3 is 1.68 bits per heavy atom. The Kier molecular flexibility index (Phi) is 9.23. The van der Waals surface area contributed by atoms with Gasteiger partial charge in [0.15, 0.2) is 0 Å². The number of hydrogen-bond acceptors (Lipinski definition) is 7. The first-order chi connectivity index (χ1) is 14.7. The van der Waals surface area contributed by atoms with Crippen LogP contribution < -0.4 is 0 Å². The zero-order valence-electron chi connectivity index (χ0n) is 17.8. The number of esters is 2. The molecule has 2 N–H and O–H groups in total. The largest absolute Gasteiger partial charge is 0.481 e. The van der Waals surface area contributed by atoms with E-state index in [0.717, 1.165) is 0 Å². The predicted molar refractivity (Wildman–Crippen MR) is 108 cm³/mol. The fourth-order valence-corrected chi connectivity index (χ4v) is 3.67. The van der Waals surface area contributed by atoms with E-state index in [-0.39, 0.29) is 13.2 Å². The number of aliphatic carboxylic acids is 2. The summed E-state index contributed by atoms with van der Waals surface area (Å²) in [7, 11) is 0. The molecule has 172 valence electrons. The molecule has 2 aliphatic carbocycles. The van der Waals surface area contributed by atoms with Gasteiger partial charge < -0.3 is 24.4 Å². The van der Waals surface area contributed by atoms with Gasteiger partial charge >= 0.3 is 23.9 Å². The first-order valence-electron chi connectivity index (χ1n) is 10.4. The minimum atomic E-state index is -1.02. The summed E-state index contributed by atoms with van der Waals surface area (Å²) in [6, 6.07) is 0. The summed E-state index contributed by atoms with van der Waals surface area (Å²) >= 11 is 0. The molecule has 0 fully saturated rings. The highest BCUT2D eigenvalue weighted by Crippen LogP contribution is 2.28. The molecule has 2 aliphatic rings. The normalized spacial score (nSPS) is 27.2. The van der Waals surface area contributed by atoms with Gasteiger partial charge in [0.25, 0.3) is 0 Å². The highest BCUT2D eigenvalue weighted by atomic mass is 16.6. The third-order valence-electron chi connectivity index (χ3n) is 5.50. The van der Waals surface area contributed by atoms with E-state index in [1.54, 1.807) is 38.2 Å². The Balaban J connectivity index is 1.73. The number of carboxylic acids is 2. The second-order valence-corrected chi connectivity index (χ2v) is 8.01. The third kappa shape index (κ3) is 7.20. The topological polar surface area (TPSA) is 136 Å². The summed E-state index contributed by atoms with van der Waals surface area (Å²) in [5.41, 5.74) is 0. The molecule has 0 amide bonds. The molecule has 6 unspecified atom stereocenters. The zero-order chi connectivity index (χ0) is 23.0. The molecular formula is C22H30O9. The number of hydrogen-bond donors (Lipinski definition) is 2. The van der Waals surface area contributed by atoms with Crippen molar-refractivity contribution in [1.29, 1.82) is 0 Å². The van der Waals surface area contributed by atoms with Crippen molar-refractivity contribution < 1.29 is 43.6 Å². The van der Waals surface area contributed by atoms with E-state index >= 15 is 0 Å². The average Bonchev–Trinajstić information content (AvgIpc) is 2.75. The molecule has 0 aromatic carbocycles. The van der Waals surface area contributed by atoms with Crippen LogP contribution >= 0.6 is 0 Å². The van der Waals surface area contributed by atoms with Gasteiger partial charge in [-0.25, -0.2) is 0 Å². The van der Waals surface area contributed by atoms with Crippen LogP contribution in [0.15, 0.2) is 24.3 Å².